The summed E-state index contributed by atoms with van der Waals surface area (Å²) in [6.07, 6.45) is 3.94. The lowest BCUT2D eigenvalue weighted by Gasteiger charge is -2.27. The summed E-state index contributed by atoms with van der Waals surface area (Å²) in [7, 11) is 3.93. The average Bonchev–Trinajstić information content (AvgIpc) is 3.40. The maximum absolute atomic E-state index is 13.2. The third-order valence-electron chi connectivity index (χ3n) is 5.27. The Balaban J connectivity index is 1.85. The molecule has 2 amide bonds. The molecule has 7 nitrogen and oxygen atoms in total. The maximum atomic E-state index is 13.2. The Labute approximate surface area is 184 Å². The lowest BCUT2D eigenvalue weighted by atomic mass is 10.1. The molecule has 7 heteroatoms. The lowest BCUT2D eigenvalue weighted by molar-refractivity contribution is -0.116. The summed E-state index contributed by atoms with van der Waals surface area (Å²) in [5, 5.41) is 2.98. The van der Waals surface area contributed by atoms with Gasteiger partial charge in [-0.1, -0.05) is 13.8 Å². The number of furan rings is 1. The summed E-state index contributed by atoms with van der Waals surface area (Å²) in [5.74, 6) is 0.417. The number of carbonyl (C=O) groups is 2. The van der Waals surface area contributed by atoms with E-state index in [1.807, 2.05) is 51.0 Å². The van der Waals surface area contributed by atoms with E-state index in [1.54, 1.807) is 17.0 Å². The molecule has 0 unspecified atom stereocenters. The molecule has 0 radical (unpaired) electrons. The predicted molar refractivity (Wildman–Crippen MR) is 121 cm³/mol. The van der Waals surface area contributed by atoms with E-state index < -0.39 is 0 Å². The molecule has 0 aliphatic carbocycles. The highest BCUT2D eigenvalue weighted by Gasteiger charge is 2.26. The minimum Gasteiger partial charge on any atom is -0.459 e. The van der Waals surface area contributed by atoms with Gasteiger partial charge in [0.1, 0.15) is 0 Å². The number of carbonyl (C=O) groups excluding carboxylic acids is 2. The Bertz CT molecular complexity index is 871. The summed E-state index contributed by atoms with van der Waals surface area (Å²) in [5.41, 5.74) is 2.67. The van der Waals surface area contributed by atoms with Crippen LogP contribution in [0.4, 0.5) is 11.4 Å². The van der Waals surface area contributed by atoms with E-state index in [0.717, 1.165) is 36.4 Å². The zero-order chi connectivity index (χ0) is 22.4. The molecule has 1 aromatic carbocycles. The van der Waals surface area contributed by atoms with Crippen molar-refractivity contribution in [2.24, 2.45) is 5.92 Å². The van der Waals surface area contributed by atoms with E-state index in [-0.39, 0.29) is 23.8 Å². The standard InChI is InChI=1S/C24H33N3O4/c1-17(2)13-23(28)25-19-9-10-21(26(3)4)18(14-19)15-27(16-20-7-5-11-30-20)24(29)22-8-6-12-31-22/h6,8-10,12,14,17,20H,5,7,11,13,15-16H2,1-4H3,(H,25,28)/t20-/m0/s1. The third-order valence-corrected chi connectivity index (χ3v) is 5.27. The van der Waals surface area contributed by atoms with Gasteiger partial charge >= 0.3 is 0 Å². The molecule has 1 atom stereocenters. The fraction of sp³-hybridized carbons (Fsp3) is 0.500. The van der Waals surface area contributed by atoms with Crippen molar-refractivity contribution in [2.45, 2.75) is 45.8 Å². The Morgan fingerprint density at radius 2 is 2.03 bits per heavy atom. The van der Waals surface area contributed by atoms with Crippen LogP contribution in [0.15, 0.2) is 41.0 Å². The Kier molecular flexibility index (Phi) is 7.74. The van der Waals surface area contributed by atoms with Crippen LogP contribution in [0.25, 0.3) is 0 Å². The van der Waals surface area contributed by atoms with Crippen LogP contribution in [-0.2, 0) is 16.1 Å². The van der Waals surface area contributed by atoms with Gasteiger partial charge in [0.15, 0.2) is 5.76 Å². The van der Waals surface area contributed by atoms with Crippen molar-refractivity contribution in [1.82, 2.24) is 4.90 Å². The third kappa shape index (κ3) is 6.34. The second-order valence-electron chi connectivity index (χ2n) is 8.68. The van der Waals surface area contributed by atoms with Crippen molar-refractivity contribution < 1.29 is 18.7 Å². The van der Waals surface area contributed by atoms with Crippen molar-refractivity contribution in [3.05, 3.63) is 47.9 Å². The van der Waals surface area contributed by atoms with Gasteiger partial charge in [0.25, 0.3) is 5.91 Å². The first kappa shape index (κ1) is 22.9. The van der Waals surface area contributed by atoms with E-state index in [0.29, 0.717) is 25.3 Å². The van der Waals surface area contributed by atoms with Gasteiger partial charge in [-0.25, -0.2) is 0 Å². The number of nitrogens with one attached hydrogen (secondary N) is 1. The van der Waals surface area contributed by atoms with Crippen LogP contribution < -0.4 is 10.2 Å². The molecular weight excluding hydrogens is 394 g/mol. The first-order valence-electron chi connectivity index (χ1n) is 10.9. The zero-order valence-corrected chi connectivity index (χ0v) is 18.9. The molecule has 1 saturated heterocycles. The van der Waals surface area contributed by atoms with Gasteiger partial charge in [-0.3, -0.25) is 9.59 Å². The molecular formula is C24H33N3O4. The normalized spacial score (nSPS) is 15.8. The summed E-state index contributed by atoms with van der Waals surface area (Å²) in [4.78, 5) is 29.2. The number of rotatable bonds is 9. The van der Waals surface area contributed by atoms with Crippen LogP contribution in [0.3, 0.4) is 0 Å². The quantitative estimate of drug-likeness (QED) is 0.651. The molecule has 1 N–H and O–H groups in total. The van der Waals surface area contributed by atoms with Gasteiger partial charge in [0.05, 0.1) is 12.4 Å². The van der Waals surface area contributed by atoms with E-state index in [1.165, 1.54) is 6.26 Å². The van der Waals surface area contributed by atoms with Crippen LogP contribution in [-0.4, -0.2) is 50.1 Å². The smallest absolute Gasteiger partial charge is 0.289 e. The Hall–Kier alpha value is -2.80. The molecule has 1 aliphatic rings. The molecule has 1 aliphatic heterocycles. The first-order chi connectivity index (χ1) is 14.8. The molecule has 0 bridgehead atoms. The number of benzene rings is 1. The minimum atomic E-state index is -0.167. The van der Waals surface area contributed by atoms with Crippen LogP contribution in [0, 0.1) is 5.92 Å². The van der Waals surface area contributed by atoms with E-state index >= 15 is 0 Å². The molecule has 2 aromatic rings. The summed E-state index contributed by atoms with van der Waals surface area (Å²) in [6, 6.07) is 9.22. The minimum absolute atomic E-state index is 0.0126. The Morgan fingerprint density at radius 3 is 2.65 bits per heavy atom. The molecule has 0 saturated carbocycles. The highest BCUT2D eigenvalue weighted by Crippen LogP contribution is 2.26. The number of ether oxygens (including phenoxy) is 1. The van der Waals surface area contributed by atoms with E-state index in [9.17, 15) is 9.59 Å². The second-order valence-corrected chi connectivity index (χ2v) is 8.68. The molecule has 1 fully saturated rings. The van der Waals surface area contributed by atoms with Gasteiger partial charge in [-0.05, 0) is 54.7 Å². The van der Waals surface area contributed by atoms with E-state index in [2.05, 4.69) is 5.32 Å². The molecule has 0 spiro atoms. The molecule has 168 valence electrons. The average molecular weight is 428 g/mol. The lowest BCUT2D eigenvalue weighted by Crippen LogP contribution is -2.37. The van der Waals surface area contributed by atoms with Crippen molar-refractivity contribution in [3.8, 4) is 0 Å². The summed E-state index contributed by atoms with van der Waals surface area (Å²) in [6.45, 7) is 5.65. The van der Waals surface area contributed by atoms with Crippen molar-refractivity contribution in [2.75, 3.05) is 37.5 Å². The maximum Gasteiger partial charge on any atom is 0.289 e. The van der Waals surface area contributed by atoms with Crippen molar-refractivity contribution >= 4 is 23.2 Å². The van der Waals surface area contributed by atoms with Crippen LogP contribution in [0.2, 0.25) is 0 Å². The predicted octanol–water partition coefficient (Wildman–Crippen LogP) is 4.15. The fourth-order valence-electron chi connectivity index (χ4n) is 3.82. The van der Waals surface area contributed by atoms with Crippen LogP contribution in [0.5, 0.6) is 0 Å². The first-order valence-corrected chi connectivity index (χ1v) is 10.9. The zero-order valence-electron chi connectivity index (χ0n) is 18.9. The summed E-state index contributed by atoms with van der Waals surface area (Å²) >= 11 is 0. The van der Waals surface area contributed by atoms with Gasteiger partial charge in [-0.2, -0.15) is 0 Å². The highest BCUT2D eigenvalue weighted by molar-refractivity contribution is 5.92. The monoisotopic (exact) mass is 427 g/mol. The number of hydrogen-bond donors (Lipinski definition) is 1. The molecule has 1 aromatic heterocycles. The number of nitrogens with zero attached hydrogens (tertiary/aromatic N) is 2. The van der Waals surface area contributed by atoms with Crippen molar-refractivity contribution in [3.63, 3.8) is 0 Å². The number of hydrogen-bond acceptors (Lipinski definition) is 5. The van der Waals surface area contributed by atoms with Gasteiger partial charge < -0.3 is 24.3 Å². The van der Waals surface area contributed by atoms with Crippen LogP contribution >= 0.6 is 0 Å². The Morgan fingerprint density at radius 1 is 1.23 bits per heavy atom. The second kappa shape index (κ2) is 10.5. The SMILES string of the molecule is CC(C)CC(=O)Nc1ccc(N(C)C)c(CN(C[C@@H]2CCCO2)C(=O)c2ccco2)c1. The van der Waals surface area contributed by atoms with Gasteiger partial charge in [0.2, 0.25) is 5.91 Å². The van der Waals surface area contributed by atoms with Gasteiger partial charge in [-0.15, -0.1) is 0 Å². The largest absolute Gasteiger partial charge is 0.459 e. The van der Waals surface area contributed by atoms with Crippen LogP contribution in [0.1, 0.15) is 49.2 Å². The molecule has 2 heterocycles. The molecule has 3 rings (SSSR count). The fourth-order valence-corrected chi connectivity index (χ4v) is 3.82. The topological polar surface area (TPSA) is 75.0 Å². The van der Waals surface area contributed by atoms with Gasteiger partial charge in [0, 0.05) is 51.6 Å². The number of amides is 2. The van der Waals surface area contributed by atoms with E-state index in [4.69, 9.17) is 9.15 Å². The van der Waals surface area contributed by atoms with Crippen molar-refractivity contribution in [1.29, 1.82) is 0 Å². The summed E-state index contributed by atoms with van der Waals surface area (Å²) < 4.78 is 11.2. The molecule has 31 heavy (non-hydrogen) atoms. The highest BCUT2D eigenvalue weighted by atomic mass is 16.5. The number of anilines is 2.